The summed E-state index contributed by atoms with van der Waals surface area (Å²) in [7, 11) is 0. The number of fused-ring (bicyclic) bond motifs is 1. The molecule has 2 aromatic rings. The Hall–Kier alpha value is -3.17. The Bertz CT molecular complexity index is 1070. The third-order valence-corrected chi connectivity index (χ3v) is 7.25. The molecule has 3 atom stereocenters. The molecule has 0 radical (unpaired) electrons. The lowest BCUT2D eigenvalue weighted by molar-refractivity contribution is -0.166. The van der Waals surface area contributed by atoms with Crippen molar-refractivity contribution in [1.82, 2.24) is 14.8 Å². The minimum Gasteiger partial charge on any atom is -0.394 e. The Kier molecular flexibility index (Phi) is 6.15. The van der Waals surface area contributed by atoms with Crippen molar-refractivity contribution < 1.29 is 14.7 Å². The van der Waals surface area contributed by atoms with Gasteiger partial charge in [-0.2, -0.15) is 0 Å². The lowest BCUT2D eigenvalue weighted by atomic mass is 9.73. The van der Waals surface area contributed by atoms with E-state index >= 15 is 0 Å². The summed E-state index contributed by atoms with van der Waals surface area (Å²) in [5, 5.41) is 10.0. The third kappa shape index (κ3) is 4.38. The van der Waals surface area contributed by atoms with Gasteiger partial charge in [0.25, 0.3) is 0 Å². The molecule has 5 rings (SSSR count). The number of hydrogen-bond donors (Lipinski definition) is 1. The van der Waals surface area contributed by atoms with Crippen LogP contribution in [0, 0.1) is 17.8 Å². The number of amides is 2. The maximum atomic E-state index is 12.9. The molecule has 1 aliphatic carbocycles. The number of aliphatic hydroxyl groups excluding tert-OH is 1. The van der Waals surface area contributed by atoms with E-state index in [1.807, 2.05) is 18.2 Å². The molecule has 3 fully saturated rings. The highest BCUT2D eigenvalue weighted by Crippen LogP contribution is 2.43. The molecular formula is C27H29N3O3. The van der Waals surface area contributed by atoms with Gasteiger partial charge >= 0.3 is 0 Å². The molecular weight excluding hydrogens is 414 g/mol. The second-order valence-corrected chi connectivity index (χ2v) is 9.33. The van der Waals surface area contributed by atoms with E-state index in [0.717, 1.165) is 16.7 Å². The van der Waals surface area contributed by atoms with Gasteiger partial charge in [0.15, 0.2) is 0 Å². The largest absolute Gasteiger partial charge is 0.394 e. The Morgan fingerprint density at radius 3 is 2.64 bits per heavy atom. The topological polar surface area (TPSA) is 73.7 Å². The summed E-state index contributed by atoms with van der Waals surface area (Å²) < 4.78 is 0. The Morgan fingerprint density at radius 2 is 1.94 bits per heavy atom. The minimum atomic E-state index is -0.242. The first-order valence-electron chi connectivity index (χ1n) is 11.8. The number of pyridine rings is 1. The summed E-state index contributed by atoms with van der Waals surface area (Å²) in [6.45, 7) is 0.462. The van der Waals surface area contributed by atoms with E-state index in [1.54, 1.807) is 28.3 Å². The Morgan fingerprint density at radius 1 is 1.15 bits per heavy atom. The van der Waals surface area contributed by atoms with E-state index in [-0.39, 0.29) is 49.4 Å². The zero-order chi connectivity index (χ0) is 22.8. The molecule has 2 saturated heterocycles. The van der Waals surface area contributed by atoms with Gasteiger partial charge in [0.2, 0.25) is 11.8 Å². The van der Waals surface area contributed by atoms with Gasteiger partial charge in [-0.3, -0.25) is 14.6 Å². The van der Waals surface area contributed by atoms with Gasteiger partial charge in [-0.25, -0.2) is 0 Å². The van der Waals surface area contributed by atoms with E-state index in [1.165, 1.54) is 25.7 Å². The number of aliphatic hydroxyl groups is 1. The molecule has 0 unspecified atom stereocenters. The maximum Gasteiger partial charge on any atom is 0.242 e. The third-order valence-electron chi connectivity index (χ3n) is 7.25. The van der Waals surface area contributed by atoms with Crippen LogP contribution in [-0.2, 0) is 16.0 Å². The molecule has 1 saturated carbocycles. The first-order chi connectivity index (χ1) is 16.1. The number of benzene rings is 1. The van der Waals surface area contributed by atoms with Gasteiger partial charge in [-0.05, 0) is 42.2 Å². The quantitative estimate of drug-likeness (QED) is 0.737. The van der Waals surface area contributed by atoms with E-state index in [4.69, 9.17) is 0 Å². The fourth-order valence-electron chi connectivity index (χ4n) is 5.52. The maximum absolute atomic E-state index is 12.9. The average molecular weight is 444 g/mol. The Labute approximate surface area is 194 Å². The summed E-state index contributed by atoms with van der Waals surface area (Å²) in [6, 6.07) is 11.5. The van der Waals surface area contributed by atoms with Crippen LogP contribution in [0.3, 0.4) is 0 Å². The van der Waals surface area contributed by atoms with Crippen LogP contribution in [-0.4, -0.2) is 63.5 Å². The SMILES string of the molecule is O=C(Cc1cccnc1)N1CC(=O)N2[C@H](CO)[C@@H](c3ccc(C#CC4CCCC4)cc3)[C@H]2C1. The normalized spacial score (nSPS) is 24.6. The second kappa shape index (κ2) is 9.36. The number of carbonyl (C=O) groups excluding carboxylic acids is 2. The summed E-state index contributed by atoms with van der Waals surface area (Å²) in [5.74, 6) is 7.05. The van der Waals surface area contributed by atoms with Crippen LogP contribution in [0.5, 0.6) is 0 Å². The predicted molar refractivity (Wildman–Crippen MR) is 124 cm³/mol. The molecule has 6 nitrogen and oxygen atoms in total. The molecule has 0 spiro atoms. The molecule has 3 aliphatic rings. The van der Waals surface area contributed by atoms with Gasteiger partial charge in [-0.1, -0.05) is 42.9 Å². The van der Waals surface area contributed by atoms with Crippen LogP contribution in [0.2, 0.25) is 0 Å². The monoisotopic (exact) mass is 443 g/mol. The van der Waals surface area contributed by atoms with E-state index < -0.39 is 0 Å². The molecule has 2 aliphatic heterocycles. The van der Waals surface area contributed by atoms with Crippen LogP contribution < -0.4 is 0 Å². The van der Waals surface area contributed by atoms with Crippen molar-refractivity contribution >= 4 is 11.8 Å². The van der Waals surface area contributed by atoms with Crippen LogP contribution in [0.4, 0.5) is 0 Å². The number of rotatable bonds is 4. The molecule has 1 N–H and O–H groups in total. The summed E-state index contributed by atoms with van der Waals surface area (Å²) in [5.41, 5.74) is 2.91. The second-order valence-electron chi connectivity index (χ2n) is 9.33. The van der Waals surface area contributed by atoms with Crippen molar-refractivity contribution in [1.29, 1.82) is 0 Å². The van der Waals surface area contributed by atoms with Crippen molar-refractivity contribution in [3.8, 4) is 11.8 Å². The molecule has 1 aromatic carbocycles. The highest BCUT2D eigenvalue weighted by atomic mass is 16.3. The lowest BCUT2D eigenvalue weighted by Crippen LogP contribution is -2.73. The van der Waals surface area contributed by atoms with Gasteiger partial charge < -0.3 is 14.9 Å². The average Bonchev–Trinajstić information content (AvgIpc) is 3.34. The standard InChI is InChI=1S/C27H29N3O3/c31-18-24-27(22-11-9-20(10-12-22)8-7-19-4-1-2-5-19)23-16-29(17-26(33)30(23)24)25(32)14-21-6-3-13-28-15-21/h3,6,9-13,15,19,23-24,27,31H,1-2,4-5,14,16-18H2/t23-,24-,27+/m1/s1. The first-order valence-corrected chi connectivity index (χ1v) is 11.8. The van der Waals surface area contributed by atoms with Crippen molar-refractivity contribution in [2.24, 2.45) is 5.92 Å². The van der Waals surface area contributed by atoms with E-state index in [0.29, 0.717) is 12.5 Å². The van der Waals surface area contributed by atoms with Gasteiger partial charge in [0.05, 0.1) is 31.7 Å². The first kappa shape index (κ1) is 21.7. The Balaban J connectivity index is 1.29. The zero-order valence-electron chi connectivity index (χ0n) is 18.7. The number of piperazine rings is 1. The molecule has 2 amide bonds. The van der Waals surface area contributed by atoms with Gasteiger partial charge in [0, 0.05) is 36.3 Å². The van der Waals surface area contributed by atoms with E-state index in [9.17, 15) is 14.7 Å². The number of nitrogens with zero attached hydrogens (tertiary/aromatic N) is 3. The fourth-order valence-corrected chi connectivity index (χ4v) is 5.52. The van der Waals surface area contributed by atoms with Crippen molar-refractivity contribution in [2.75, 3.05) is 19.7 Å². The van der Waals surface area contributed by atoms with Crippen LogP contribution in [0.25, 0.3) is 0 Å². The highest BCUT2D eigenvalue weighted by molar-refractivity contribution is 5.88. The molecule has 33 heavy (non-hydrogen) atoms. The summed E-state index contributed by atoms with van der Waals surface area (Å²) >= 11 is 0. The highest BCUT2D eigenvalue weighted by Gasteiger charge is 2.54. The zero-order valence-corrected chi connectivity index (χ0v) is 18.7. The van der Waals surface area contributed by atoms with E-state index in [2.05, 4.69) is 29.0 Å². The minimum absolute atomic E-state index is 0.00443. The van der Waals surface area contributed by atoms with Crippen LogP contribution >= 0.6 is 0 Å². The lowest BCUT2D eigenvalue weighted by Gasteiger charge is -2.58. The summed E-state index contributed by atoms with van der Waals surface area (Å²) in [6.07, 6.45) is 8.55. The predicted octanol–water partition coefficient (Wildman–Crippen LogP) is 2.36. The molecule has 3 heterocycles. The van der Waals surface area contributed by atoms with Crippen molar-refractivity contribution in [2.45, 2.75) is 50.1 Å². The van der Waals surface area contributed by atoms with Crippen LogP contribution in [0.15, 0.2) is 48.8 Å². The van der Waals surface area contributed by atoms with Crippen molar-refractivity contribution in [3.05, 3.63) is 65.5 Å². The molecule has 170 valence electrons. The molecule has 1 aromatic heterocycles. The fraction of sp³-hybridized carbons (Fsp3) is 0.444. The number of hydrogen-bond acceptors (Lipinski definition) is 4. The van der Waals surface area contributed by atoms with Crippen LogP contribution in [0.1, 0.15) is 48.3 Å². The number of aromatic nitrogens is 1. The molecule has 6 heteroatoms. The smallest absolute Gasteiger partial charge is 0.242 e. The number of carbonyl (C=O) groups is 2. The summed E-state index contributed by atoms with van der Waals surface area (Å²) in [4.78, 5) is 33.2. The van der Waals surface area contributed by atoms with Gasteiger partial charge in [-0.15, -0.1) is 0 Å². The van der Waals surface area contributed by atoms with Crippen molar-refractivity contribution in [3.63, 3.8) is 0 Å². The van der Waals surface area contributed by atoms with Gasteiger partial charge in [0.1, 0.15) is 0 Å². The molecule has 0 bridgehead atoms.